The molecular weight excluding hydrogens is 159 g/mol. The van der Waals surface area contributed by atoms with E-state index < -0.39 is 13.9 Å². The van der Waals surface area contributed by atoms with Gasteiger partial charge in [0.2, 0.25) is 0 Å². The molecule has 6 heteroatoms. The number of rotatable bonds is 4. The van der Waals surface area contributed by atoms with Gasteiger partial charge in [-0.05, 0) is 6.42 Å². The minimum atomic E-state index is -4.41. The average Bonchev–Trinajstić information content (AvgIpc) is 1.81. The van der Waals surface area contributed by atoms with Crippen LogP contribution in [0.25, 0.3) is 0 Å². The van der Waals surface area contributed by atoms with E-state index in [4.69, 9.17) is 14.9 Å². The van der Waals surface area contributed by atoms with Crippen molar-refractivity contribution in [2.24, 2.45) is 0 Å². The fourth-order valence-corrected chi connectivity index (χ4v) is 1.04. The monoisotopic (exact) mass is 170 g/mol. The molecule has 0 heterocycles. The van der Waals surface area contributed by atoms with Gasteiger partial charge < -0.3 is 14.9 Å². The summed E-state index contributed by atoms with van der Waals surface area (Å²) < 4.78 is 14.3. The summed E-state index contributed by atoms with van der Waals surface area (Å²) in [5.41, 5.74) is 0. The van der Waals surface area contributed by atoms with Crippen molar-refractivity contribution in [1.29, 1.82) is 0 Å². The van der Waals surface area contributed by atoms with E-state index in [1.807, 2.05) is 0 Å². The number of phosphoric ester groups is 1. The molecule has 0 aliphatic rings. The summed E-state index contributed by atoms with van der Waals surface area (Å²) in [7, 11) is -4.41. The van der Waals surface area contributed by atoms with E-state index in [-0.39, 0.29) is 6.61 Å². The van der Waals surface area contributed by atoms with Gasteiger partial charge in [-0.15, -0.1) is 0 Å². The van der Waals surface area contributed by atoms with Crippen molar-refractivity contribution in [3.05, 3.63) is 0 Å². The Bertz CT molecular complexity index is 126. The van der Waals surface area contributed by atoms with E-state index in [9.17, 15) is 4.57 Å². The van der Waals surface area contributed by atoms with Gasteiger partial charge >= 0.3 is 7.82 Å². The first-order chi connectivity index (χ1) is 4.49. The number of hydrogen-bond acceptors (Lipinski definition) is 3. The minimum Gasteiger partial charge on any atom is -0.394 e. The lowest BCUT2D eigenvalue weighted by molar-refractivity contribution is 0.0779. The molecule has 0 aliphatic carbocycles. The molecule has 0 saturated heterocycles. The summed E-state index contributed by atoms with van der Waals surface area (Å²) in [4.78, 5) is 16.5. The summed E-state index contributed by atoms with van der Waals surface area (Å²) in [6.45, 7) is 1.29. The van der Waals surface area contributed by atoms with E-state index in [2.05, 4.69) is 4.52 Å². The van der Waals surface area contributed by atoms with E-state index in [0.717, 1.165) is 0 Å². The fourth-order valence-electron chi connectivity index (χ4n) is 0.431. The zero-order valence-corrected chi connectivity index (χ0v) is 6.49. The smallest absolute Gasteiger partial charge is 0.394 e. The molecule has 0 fully saturated rings. The highest BCUT2D eigenvalue weighted by atomic mass is 31.2. The lowest BCUT2D eigenvalue weighted by Crippen LogP contribution is -2.14. The van der Waals surface area contributed by atoms with Crippen LogP contribution >= 0.6 is 7.82 Å². The highest BCUT2D eigenvalue weighted by Crippen LogP contribution is 2.37. The van der Waals surface area contributed by atoms with Gasteiger partial charge in [0.05, 0.1) is 12.7 Å². The van der Waals surface area contributed by atoms with Gasteiger partial charge in [-0.3, -0.25) is 4.52 Å². The van der Waals surface area contributed by atoms with Crippen LogP contribution in [0.15, 0.2) is 0 Å². The molecule has 3 N–H and O–H groups in total. The quantitative estimate of drug-likeness (QED) is 0.511. The summed E-state index contributed by atoms with van der Waals surface area (Å²) >= 11 is 0. The first kappa shape index (κ1) is 10.1. The average molecular weight is 170 g/mol. The van der Waals surface area contributed by atoms with Crippen molar-refractivity contribution in [2.75, 3.05) is 6.61 Å². The maximum Gasteiger partial charge on any atom is 0.469 e. The Kier molecular flexibility index (Phi) is 4.08. The Morgan fingerprint density at radius 1 is 1.60 bits per heavy atom. The van der Waals surface area contributed by atoms with E-state index >= 15 is 0 Å². The van der Waals surface area contributed by atoms with Crippen LogP contribution in [-0.4, -0.2) is 27.6 Å². The molecule has 0 bridgehead atoms. The van der Waals surface area contributed by atoms with Crippen LogP contribution in [-0.2, 0) is 9.09 Å². The first-order valence-electron chi connectivity index (χ1n) is 2.84. The van der Waals surface area contributed by atoms with Crippen molar-refractivity contribution >= 4 is 7.82 Å². The molecule has 0 saturated carbocycles. The zero-order valence-electron chi connectivity index (χ0n) is 5.60. The second-order valence-electron chi connectivity index (χ2n) is 1.81. The van der Waals surface area contributed by atoms with Crippen molar-refractivity contribution < 1.29 is 24.0 Å². The molecule has 0 rings (SSSR count). The standard InChI is InChI=1S/C4H11O5P/c1-2-4(3-5)9-10(6,7)8/h4-5H,2-3H2,1H3,(H2,6,7,8). The normalized spacial score (nSPS) is 15.2. The van der Waals surface area contributed by atoms with Crippen LogP contribution in [0.3, 0.4) is 0 Å². The number of aliphatic hydroxyl groups excluding tert-OH is 1. The predicted octanol–water partition coefficient (Wildman–Crippen LogP) is -0.133. The highest BCUT2D eigenvalue weighted by Gasteiger charge is 2.19. The van der Waals surface area contributed by atoms with Crippen LogP contribution in [0.1, 0.15) is 13.3 Å². The molecule has 0 radical (unpaired) electrons. The lowest BCUT2D eigenvalue weighted by Gasteiger charge is -2.12. The van der Waals surface area contributed by atoms with Gasteiger partial charge in [-0.2, -0.15) is 0 Å². The van der Waals surface area contributed by atoms with Crippen LogP contribution < -0.4 is 0 Å². The molecule has 0 spiro atoms. The largest absolute Gasteiger partial charge is 0.469 e. The lowest BCUT2D eigenvalue weighted by atomic mass is 10.3. The summed E-state index contributed by atoms with van der Waals surface area (Å²) in [5.74, 6) is 0. The van der Waals surface area contributed by atoms with Gasteiger partial charge in [0.25, 0.3) is 0 Å². The van der Waals surface area contributed by atoms with Gasteiger partial charge in [0.15, 0.2) is 0 Å². The van der Waals surface area contributed by atoms with Gasteiger partial charge in [-0.1, -0.05) is 6.92 Å². The zero-order chi connectivity index (χ0) is 8.20. The molecule has 10 heavy (non-hydrogen) atoms. The molecule has 1 unspecified atom stereocenters. The Hall–Kier alpha value is 0.0700. The van der Waals surface area contributed by atoms with Crippen LogP contribution in [0.5, 0.6) is 0 Å². The summed E-state index contributed by atoms with van der Waals surface area (Å²) in [6.07, 6.45) is -0.387. The fraction of sp³-hybridized carbons (Fsp3) is 1.00. The molecule has 1 atom stereocenters. The van der Waals surface area contributed by atoms with Crippen LogP contribution in [0.2, 0.25) is 0 Å². The van der Waals surface area contributed by atoms with E-state index in [1.54, 1.807) is 6.92 Å². The number of phosphoric acid groups is 1. The molecule has 0 aromatic heterocycles. The molecule has 0 aliphatic heterocycles. The van der Waals surface area contributed by atoms with Gasteiger partial charge in [0, 0.05) is 0 Å². The third kappa shape index (κ3) is 4.90. The molecule has 0 aromatic rings. The Morgan fingerprint density at radius 2 is 2.10 bits per heavy atom. The van der Waals surface area contributed by atoms with Crippen molar-refractivity contribution in [3.63, 3.8) is 0 Å². The SMILES string of the molecule is CCC(CO)OP(=O)(O)O. The van der Waals surface area contributed by atoms with E-state index in [1.165, 1.54) is 0 Å². The molecule has 0 aromatic carbocycles. The van der Waals surface area contributed by atoms with Crippen molar-refractivity contribution in [1.82, 2.24) is 0 Å². The summed E-state index contributed by atoms with van der Waals surface area (Å²) in [6, 6.07) is 0. The maximum absolute atomic E-state index is 10.1. The second kappa shape index (κ2) is 4.05. The minimum absolute atomic E-state index is 0.373. The number of hydrogen-bond donors (Lipinski definition) is 3. The first-order valence-corrected chi connectivity index (χ1v) is 4.37. The van der Waals surface area contributed by atoms with Gasteiger partial charge in [0.1, 0.15) is 0 Å². The predicted molar refractivity (Wildman–Crippen MR) is 34.3 cm³/mol. The Morgan fingerprint density at radius 3 is 2.20 bits per heavy atom. The van der Waals surface area contributed by atoms with Crippen molar-refractivity contribution in [3.8, 4) is 0 Å². The van der Waals surface area contributed by atoms with E-state index in [0.29, 0.717) is 6.42 Å². The number of aliphatic hydroxyl groups is 1. The van der Waals surface area contributed by atoms with Crippen molar-refractivity contribution in [2.45, 2.75) is 19.4 Å². The van der Waals surface area contributed by atoms with Crippen LogP contribution in [0, 0.1) is 0 Å². The Balaban J connectivity index is 3.75. The molecule has 62 valence electrons. The maximum atomic E-state index is 10.1. The Labute approximate surface area is 58.9 Å². The van der Waals surface area contributed by atoms with Gasteiger partial charge in [-0.25, -0.2) is 4.57 Å². The topological polar surface area (TPSA) is 87.0 Å². The molecular formula is C4H11O5P. The third-order valence-corrected chi connectivity index (χ3v) is 1.52. The molecule has 5 nitrogen and oxygen atoms in total. The third-order valence-electron chi connectivity index (χ3n) is 0.945. The summed E-state index contributed by atoms with van der Waals surface area (Å²) in [5, 5.41) is 8.42. The highest BCUT2D eigenvalue weighted by molar-refractivity contribution is 7.46. The van der Waals surface area contributed by atoms with Crippen LogP contribution in [0.4, 0.5) is 0 Å². The second-order valence-corrected chi connectivity index (χ2v) is 3.00. The molecule has 0 amide bonds.